The zero-order chi connectivity index (χ0) is 13.0. The molecule has 0 bridgehead atoms. The zero-order valence-corrected chi connectivity index (χ0v) is 12.0. The van der Waals surface area contributed by atoms with Crippen LogP contribution in [0.4, 0.5) is 0 Å². The van der Waals surface area contributed by atoms with Gasteiger partial charge in [-0.25, -0.2) is 0 Å². The van der Waals surface area contributed by atoms with E-state index < -0.39 is 0 Å². The van der Waals surface area contributed by atoms with E-state index in [0.29, 0.717) is 11.2 Å². The van der Waals surface area contributed by atoms with Crippen molar-refractivity contribution in [3.63, 3.8) is 0 Å². The Morgan fingerprint density at radius 1 is 1.21 bits per heavy atom. The molecule has 0 aliphatic heterocycles. The van der Waals surface area contributed by atoms with Gasteiger partial charge >= 0.3 is 0 Å². The first kappa shape index (κ1) is 11.9. The standard InChI is InChI=1S/C18H24O/c1-18-9-2-3-17(18)16-6-4-12-11-13(19)5-7-14(12)15(16)8-10-18/h2,9,15-17H,3-8,10-11H2,1H3/t15-,16-,17+,18+/m1/s1. The quantitative estimate of drug-likeness (QED) is 0.586. The lowest BCUT2D eigenvalue weighted by molar-refractivity contribution is -0.119. The number of hydrogen-bond acceptors (Lipinski definition) is 1. The van der Waals surface area contributed by atoms with Gasteiger partial charge in [0.25, 0.3) is 0 Å². The van der Waals surface area contributed by atoms with Gasteiger partial charge in [-0.2, -0.15) is 0 Å². The monoisotopic (exact) mass is 256 g/mol. The fourth-order valence-electron chi connectivity index (χ4n) is 5.53. The molecule has 4 rings (SSSR count). The van der Waals surface area contributed by atoms with Gasteiger partial charge in [0.15, 0.2) is 0 Å². The fourth-order valence-corrected chi connectivity index (χ4v) is 5.53. The van der Waals surface area contributed by atoms with Crippen LogP contribution in [0.1, 0.15) is 58.3 Å². The summed E-state index contributed by atoms with van der Waals surface area (Å²) in [4.78, 5) is 11.7. The van der Waals surface area contributed by atoms with Crippen LogP contribution in [0.25, 0.3) is 0 Å². The van der Waals surface area contributed by atoms with Gasteiger partial charge in [0.05, 0.1) is 0 Å². The molecule has 0 radical (unpaired) electrons. The summed E-state index contributed by atoms with van der Waals surface area (Å²) in [6.07, 6.45) is 14.2. The Morgan fingerprint density at radius 2 is 2.11 bits per heavy atom. The van der Waals surface area contributed by atoms with Crippen LogP contribution in [0, 0.1) is 23.2 Å². The van der Waals surface area contributed by atoms with Crippen LogP contribution in [0.5, 0.6) is 0 Å². The first-order valence-corrected chi connectivity index (χ1v) is 8.07. The molecule has 1 nitrogen and oxygen atoms in total. The predicted octanol–water partition coefficient (Wildman–Crippen LogP) is 4.44. The van der Waals surface area contributed by atoms with E-state index in [1.165, 1.54) is 32.1 Å². The molecule has 0 spiro atoms. The fraction of sp³-hybridized carbons (Fsp3) is 0.722. The maximum absolute atomic E-state index is 11.7. The van der Waals surface area contributed by atoms with Crippen LogP contribution in [-0.4, -0.2) is 5.78 Å². The second-order valence-electron chi connectivity index (χ2n) is 7.44. The second-order valence-corrected chi connectivity index (χ2v) is 7.44. The van der Waals surface area contributed by atoms with Crippen LogP contribution < -0.4 is 0 Å². The van der Waals surface area contributed by atoms with Gasteiger partial charge in [0.1, 0.15) is 5.78 Å². The minimum Gasteiger partial charge on any atom is -0.299 e. The number of rotatable bonds is 0. The third kappa shape index (κ3) is 1.70. The Balaban J connectivity index is 1.66. The Labute approximate surface area is 116 Å². The van der Waals surface area contributed by atoms with Crippen molar-refractivity contribution >= 4 is 5.78 Å². The highest BCUT2D eigenvalue weighted by molar-refractivity contribution is 5.82. The number of Topliss-reactive ketones (excluding diaryl/α,β-unsaturated/α-hetero) is 1. The molecule has 1 saturated carbocycles. The van der Waals surface area contributed by atoms with Crippen molar-refractivity contribution in [2.24, 2.45) is 23.2 Å². The third-order valence-corrected chi connectivity index (χ3v) is 6.53. The Hall–Kier alpha value is -0.850. The van der Waals surface area contributed by atoms with Crippen molar-refractivity contribution in [3.8, 4) is 0 Å². The van der Waals surface area contributed by atoms with E-state index in [-0.39, 0.29) is 0 Å². The molecule has 4 aliphatic rings. The van der Waals surface area contributed by atoms with Crippen LogP contribution in [0.15, 0.2) is 23.3 Å². The zero-order valence-electron chi connectivity index (χ0n) is 12.0. The van der Waals surface area contributed by atoms with E-state index in [1.807, 2.05) is 0 Å². The van der Waals surface area contributed by atoms with Crippen LogP contribution >= 0.6 is 0 Å². The minimum atomic E-state index is 0.486. The number of carbonyl (C=O) groups excluding carboxylic acids is 1. The molecule has 0 unspecified atom stereocenters. The lowest BCUT2D eigenvalue weighted by Crippen LogP contribution is -2.41. The molecule has 0 aromatic carbocycles. The SMILES string of the molecule is C[C@@]12C=CC[C@H]1[C@@H]1CCC3=C(CCC(=O)C3)[C@H]1CC2. The highest BCUT2D eigenvalue weighted by Gasteiger charge is 2.49. The lowest BCUT2D eigenvalue weighted by Gasteiger charge is -2.50. The summed E-state index contributed by atoms with van der Waals surface area (Å²) in [5.41, 5.74) is 3.76. The van der Waals surface area contributed by atoms with E-state index in [0.717, 1.165) is 37.0 Å². The average molecular weight is 256 g/mol. The number of carbonyl (C=O) groups is 1. The van der Waals surface area contributed by atoms with Crippen LogP contribution in [-0.2, 0) is 4.79 Å². The summed E-state index contributed by atoms with van der Waals surface area (Å²) in [5.74, 6) is 3.11. The van der Waals surface area contributed by atoms with Gasteiger partial charge < -0.3 is 0 Å². The number of hydrogen-bond donors (Lipinski definition) is 0. The molecule has 102 valence electrons. The molecule has 0 amide bonds. The van der Waals surface area contributed by atoms with Gasteiger partial charge in [0, 0.05) is 12.8 Å². The maximum Gasteiger partial charge on any atom is 0.137 e. The molecule has 0 aromatic rings. The van der Waals surface area contributed by atoms with Crippen LogP contribution in [0.2, 0.25) is 0 Å². The molecule has 0 aromatic heterocycles. The molecule has 0 heterocycles. The summed E-state index contributed by atoms with van der Waals surface area (Å²) in [5, 5.41) is 0. The van der Waals surface area contributed by atoms with E-state index >= 15 is 0 Å². The normalized spacial score (nSPS) is 44.9. The van der Waals surface area contributed by atoms with Gasteiger partial charge in [-0.05, 0) is 61.7 Å². The van der Waals surface area contributed by atoms with E-state index in [9.17, 15) is 4.79 Å². The summed E-state index contributed by atoms with van der Waals surface area (Å²) in [6, 6.07) is 0. The van der Waals surface area contributed by atoms with Crippen molar-refractivity contribution in [3.05, 3.63) is 23.3 Å². The van der Waals surface area contributed by atoms with Gasteiger partial charge in [-0.15, -0.1) is 0 Å². The second kappa shape index (κ2) is 4.07. The Morgan fingerprint density at radius 3 is 3.00 bits per heavy atom. The number of ketones is 1. The van der Waals surface area contributed by atoms with Crippen molar-refractivity contribution in [2.45, 2.75) is 58.3 Å². The molecule has 19 heavy (non-hydrogen) atoms. The van der Waals surface area contributed by atoms with Crippen LogP contribution in [0.3, 0.4) is 0 Å². The summed E-state index contributed by atoms with van der Waals surface area (Å²) in [7, 11) is 0. The molecule has 4 atom stereocenters. The van der Waals surface area contributed by atoms with Crippen molar-refractivity contribution in [1.29, 1.82) is 0 Å². The number of fused-ring (bicyclic) bond motifs is 4. The van der Waals surface area contributed by atoms with Crippen molar-refractivity contribution in [1.82, 2.24) is 0 Å². The Kier molecular flexibility index (Phi) is 2.56. The smallest absolute Gasteiger partial charge is 0.137 e. The first-order chi connectivity index (χ1) is 9.17. The van der Waals surface area contributed by atoms with E-state index in [1.54, 1.807) is 11.1 Å². The first-order valence-electron chi connectivity index (χ1n) is 8.07. The average Bonchev–Trinajstić information content (AvgIpc) is 2.79. The topological polar surface area (TPSA) is 17.1 Å². The number of allylic oxidation sites excluding steroid dienone is 4. The Bertz CT molecular complexity index is 484. The predicted molar refractivity (Wildman–Crippen MR) is 76.7 cm³/mol. The van der Waals surface area contributed by atoms with Gasteiger partial charge in [-0.1, -0.05) is 30.2 Å². The minimum absolute atomic E-state index is 0.486. The van der Waals surface area contributed by atoms with E-state index in [4.69, 9.17) is 0 Å². The summed E-state index contributed by atoms with van der Waals surface area (Å²) < 4.78 is 0. The summed E-state index contributed by atoms with van der Waals surface area (Å²) >= 11 is 0. The van der Waals surface area contributed by atoms with Gasteiger partial charge in [-0.3, -0.25) is 4.79 Å². The van der Waals surface area contributed by atoms with E-state index in [2.05, 4.69) is 19.1 Å². The van der Waals surface area contributed by atoms with Gasteiger partial charge in [0.2, 0.25) is 0 Å². The summed E-state index contributed by atoms with van der Waals surface area (Å²) in [6.45, 7) is 2.48. The maximum atomic E-state index is 11.7. The molecular formula is C18H24O. The third-order valence-electron chi connectivity index (χ3n) is 6.53. The molecule has 0 saturated heterocycles. The molecular weight excluding hydrogens is 232 g/mol. The highest BCUT2D eigenvalue weighted by atomic mass is 16.1. The molecule has 0 N–H and O–H groups in total. The lowest BCUT2D eigenvalue weighted by atomic mass is 9.54. The molecule has 1 fully saturated rings. The largest absolute Gasteiger partial charge is 0.299 e. The molecule has 1 heteroatoms. The highest BCUT2D eigenvalue weighted by Crippen LogP contribution is 2.58. The van der Waals surface area contributed by atoms with Crippen molar-refractivity contribution in [2.75, 3.05) is 0 Å². The van der Waals surface area contributed by atoms with Crippen molar-refractivity contribution < 1.29 is 4.79 Å². The molecule has 4 aliphatic carbocycles.